The first-order chi connectivity index (χ1) is 14.2. The van der Waals surface area contributed by atoms with Gasteiger partial charge in [-0.15, -0.1) is 0 Å². The Morgan fingerprint density at radius 3 is 2.87 bits per heavy atom. The van der Waals surface area contributed by atoms with Crippen molar-refractivity contribution in [2.75, 3.05) is 7.05 Å². The molecule has 0 radical (unpaired) electrons. The number of amides is 1. The zero-order valence-electron chi connectivity index (χ0n) is 17.3. The summed E-state index contributed by atoms with van der Waals surface area (Å²) in [6, 6.07) is 10.7. The number of hydrogen-bond acceptors (Lipinski definition) is 6. The third-order valence-electron chi connectivity index (χ3n) is 5.68. The van der Waals surface area contributed by atoms with Crippen molar-refractivity contribution in [3.8, 4) is 17.0 Å². The van der Waals surface area contributed by atoms with Crippen molar-refractivity contribution in [1.29, 1.82) is 0 Å². The second-order valence-electron chi connectivity index (χ2n) is 8.62. The average molecular weight is 414 g/mol. The molecular weight excluding hydrogens is 388 g/mol. The van der Waals surface area contributed by atoms with E-state index in [2.05, 4.69) is 5.32 Å². The van der Waals surface area contributed by atoms with Gasteiger partial charge in [-0.25, -0.2) is 4.79 Å². The molecule has 4 rings (SSSR count). The summed E-state index contributed by atoms with van der Waals surface area (Å²) in [4.78, 5) is 11.8. The fourth-order valence-corrected chi connectivity index (χ4v) is 4.34. The maximum absolute atomic E-state index is 12.1. The van der Waals surface area contributed by atoms with Crippen molar-refractivity contribution in [3.63, 3.8) is 0 Å². The van der Waals surface area contributed by atoms with Crippen LogP contribution in [0.1, 0.15) is 32.3 Å². The monoisotopic (exact) mass is 414 g/mol. The minimum absolute atomic E-state index is 0.203. The van der Waals surface area contributed by atoms with Gasteiger partial charge in [-0.1, -0.05) is 13.8 Å². The lowest BCUT2D eigenvalue weighted by atomic mass is 9.71. The third-order valence-corrected chi connectivity index (χ3v) is 5.68. The predicted octanol–water partition coefficient (Wildman–Crippen LogP) is 2.50. The molecule has 0 unspecified atom stereocenters. The maximum atomic E-state index is 12.1. The average Bonchev–Trinajstić information content (AvgIpc) is 2.71. The summed E-state index contributed by atoms with van der Waals surface area (Å²) in [5.74, 6) is -0.742. The number of ether oxygens (including phenoxy) is 3. The summed E-state index contributed by atoms with van der Waals surface area (Å²) in [6.45, 7) is 4.25. The molecule has 1 aromatic heterocycles. The summed E-state index contributed by atoms with van der Waals surface area (Å²) >= 11 is 0. The van der Waals surface area contributed by atoms with Crippen LogP contribution >= 0.6 is 0 Å². The molecule has 1 fully saturated rings. The normalized spacial score (nSPS) is 27.1. The van der Waals surface area contributed by atoms with Gasteiger partial charge in [0.2, 0.25) is 11.5 Å². The number of benzene rings is 1. The predicted molar refractivity (Wildman–Crippen MR) is 107 cm³/mol. The molecule has 30 heavy (non-hydrogen) atoms. The van der Waals surface area contributed by atoms with Crippen molar-refractivity contribution in [1.82, 2.24) is 5.32 Å². The van der Waals surface area contributed by atoms with Crippen LogP contribution in [-0.2, 0) is 16.1 Å². The highest BCUT2D eigenvalue weighted by atomic mass is 16.7. The summed E-state index contributed by atoms with van der Waals surface area (Å²) < 4.78 is 18.5. The second-order valence-corrected chi connectivity index (χ2v) is 8.62. The Labute approximate surface area is 175 Å². The third kappa shape index (κ3) is 3.68. The molecule has 2 heterocycles. The fraction of sp³-hybridized carbons (Fsp3) is 0.455. The standard InChI is InChI=1S/C22H26N2O6/c1-21(2)11-18(29-20(26)23-3)19(25)22(13-21)28-12-15-10-14(7-8-17(15)30-22)16-6-4-5-9-24(16)27/h4-10,18-19,25H,11-13H2,1-3H3,(H,23,26)/t18-,19-,22-/m1/s1. The molecule has 3 atom stereocenters. The van der Waals surface area contributed by atoms with E-state index in [1.165, 1.54) is 13.2 Å². The van der Waals surface area contributed by atoms with Gasteiger partial charge >= 0.3 is 6.09 Å². The summed E-state index contributed by atoms with van der Waals surface area (Å²) in [6.07, 6.45) is -0.147. The molecule has 1 aliphatic heterocycles. The lowest BCUT2D eigenvalue weighted by Gasteiger charge is -2.51. The van der Waals surface area contributed by atoms with Gasteiger partial charge in [-0.05, 0) is 36.1 Å². The zero-order valence-corrected chi connectivity index (χ0v) is 17.3. The summed E-state index contributed by atoms with van der Waals surface area (Å²) in [5, 5.41) is 25.5. The van der Waals surface area contributed by atoms with Gasteiger partial charge in [0.25, 0.3) is 0 Å². The molecule has 1 amide bonds. The maximum Gasteiger partial charge on any atom is 0.407 e. The molecule has 1 saturated carbocycles. The number of rotatable bonds is 2. The Bertz CT molecular complexity index is 962. The Kier molecular flexibility index (Phi) is 5.07. The molecule has 1 aliphatic carbocycles. The van der Waals surface area contributed by atoms with Crippen molar-refractivity contribution in [3.05, 3.63) is 53.4 Å². The fourth-order valence-electron chi connectivity index (χ4n) is 4.34. The number of carbonyl (C=O) groups excluding carboxylic acids is 1. The first kappa shape index (κ1) is 20.4. The van der Waals surface area contributed by atoms with E-state index in [4.69, 9.17) is 14.2 Å². The largest absolute Gasteiger partial charge is 0.618 e. The number of pyridine rings is 1. The lowest BCUT2D eigenvalue weighted by molar-refractivity contribution is -0.593. The van der Waals surface area contributed by atoms with Crippen LogP contribution < -0.4 is 14.8 Å². The molecule has 2 N–H and O–H groups in total. The smallest absolute Gasteiger partial charge is 0.407 e. The molecule has 2 aliphatic rings. The van der Waals surface area contributed by atoms with E-state index in [0.29, 0.717) is 24.3 Å². The van der Waals surface area contributed by atoms with E-state index in [-0.39, 0.29) is 12.0 Å². The molecule has 8 heteroatoms. The molecular formula is C22H26N2O6. The number of aromatic nitrogens is 1. The number of nitrogens with zero attached hydrogens (tertiary/aromatic N) is 1. The van der Waals surface area contributed by atoms with Crippen molar-refractivity contribution in [2.24, 2.45) is 5.41 Å². The molecule has 2 aromatic rings. The Morgan fingerprint density at radius 2 is 2.13 bits per heavy atom. The molecule has 160 valence electrons. The van der Waals surface area contributed by atoms with E-state index in [0.717, 1.165) is 15.9 Å². The molecule has 0 bridgehead atoms. The van der Waals surface area contributed by atoms with Gasteiger partial charge in [-0.2, -0.15) is 4.73 Å². The highest BCUT2D eigenvalue weighted by Crippen LogP contribution is 2.48. The highest BCUT2D eigenvalue weighted by Gasteiger charge is 2.57. The summed E-state index contributed by atoms with van der Waals surface area (Å²) in [7, 11) is 1.47. The minimum atomic E-state index is -1.32. The lowest BCUT2D eigenvalue weighted by Crippen LogP contribution is -2.63. The SMILES string of the molecule is CNC(=O)O[C@@H]1CC(C)(C)C[C@]2(OCc3cc(-c4cccc[n+]4[O-])ccc3O2)[C@@H]1O. The van der Waals surface area contributed by atoms with Crippen LogP contribution in [0, 0.1) is 10.6 Å². The van der Waals surface area contributed by atoms with Gasteiger partial charge in [0.1, 0.15) is 11.9 Å². The summed E-state index contributed by atoms with van der Waals surface area (Å²) in [5.41, 5.74) is 1.77. The highest BCUT2D eigenvalue weighted by molar-refractivity contribution is 5.67. The van der Waals surface area contributed by atoms with Crippen molar-refractivity contribution in [2.45, 2.75) is 51.3 Å². The van der Waals surface area contributed by atoms with E-state index in [1.54, 1.807) is 30.3 Å². The molecule has 0 saturated heterocycles. The van der Waals surface area contributed by atoms with E-state index in [9.17, 15) is 15.1 Å². The number of nitrogens with one attached hydrogen (secondary N) is 1. The van der Waals surface area contributed by atoms with Gasteiger partial charge in [0.15, 0.2) is 12.3 Å². The van der Waals surface area contributed by atoms with Crippen molar-refractivity contribution < 1.29 is 28.8 Å². The van der Waals surface area contributed by atoms with Gasteiger partial charge in [0.05, 0.1) is 6.61 Å². The van der Waals surface area contributed by atoms with Crippen LogP contribution in [0.25, 0.3) is 11.3 Å². The Balaban J connectivity index is 1.63. The topological polar surface area (TPSA) is 104 Å². The van der Waals surface area contributed by atoms with Crippen LogP contribution in [0.2, 0.25) is 0 Å². The number of carbonyl (C=O) groups is 1. The van der Waals surface area contributed by atoms with Crippen LogP contribution in [0.3, 0.4) is 0 Å². The quantitative estimate of drug-likeness (QED) is 0.578. The second kappa shape index (κ2) is 7.45. The Hall–Kier alpha value is -2.84. The molecule has 1 aromatic carbocycles. The van der Waals surface area contributed by atoms with Gasteiger partial charge in [0, 0.05) is 36.7 Å². The first-order valence-corrected chi connectivity index (χ1v) is 9.94. The van der Waals surface area contributed by atoms with Crippen LogP contribution in [-0.4, -0.2) is 36.2 Å². The van der Waals surface area contributed by atoms with Crippen LogP contribution in [0.15, 0.2) is 42.6 Å². The van der Waals surface area contributed by atoms with E-state index >= 15 is 0 Å². The number of alkyl carbamates (subject to hydrolysis) is 1. The van der Waals surface area contributed by atoms with Crippen molar-refractivity contribution >= 4 is 6.09 Å². The Morgan fingerprint density at radius 1 is 1.33 bits per heavy atom. The first-order valence-electron chi connectivity index (χ1n) is 9.94. The van der Waals surface area contributed by atoms with Crippen LogP contribution in [0.5, 0.6) is 5.75 Å². The van der Waals surface area contributed by atoms with Crippen LogP contribution in [0.4, 0.5) is 4.79 Å². The van der Waals surface area contributed by atoms with E-state index in [1.807, 2.05) is 19.9 Å². The number of fused-ring (bicyclic) bond motifs is 1. The van der Waals surface area contributed by atoms with Gasteiger partial charge in [-0.3, -0.25) is 0 Å². The van der Waals surface area contributed by atoms with E-state index < -0.39 is 24.1 Å². The number of aliphatic hydroxyl groups excluding tert-OH is 1. The molecule has 1 spiro atoms. The molecule has 8 nitrogen and oxygen atoms in total. The zero-order chi connectivity index (χ0) is 21.5. The number of aliphatic hydroxyl groups is 1. The van der Waals surface area contributed by atoms with Gasteiger partial charge < -0.3 is 29.8 Å². The number of hydrogen-bond donors (Lipinski definition) is 2. The minimum Gasteiger partial charge on any atom is -0.618 e.